The van der Waals surface area contributed by atoms with Crippen LogP contribution in [0.15, 0.2) is 84.9 Å². The van der Waals surface area contributed by atoms with Gasteiger partial charge < -0.3 is 10.1 Å². The Kier molecular flexibility index (Phi) is 8.21. The number of benzene rings is 3. The van der Waals surface area contributed by atoms with Gasteiger partial charge in [0.2, 0.25) is 0 Å². The number of esters is 1. The average molecular weight is 429 g/mol. The molecule has 5 heteroatoms. The van der Waals surface area contributed by atoms with E-state index in [9.17, 15) is 9.59 Å². The molecule has 32 heavy (non-hydrogen) atoms. The van der Waals surface area contributed by atoms with Crippen molar-refractivity contribution in [2.24, 2.45) is 0 Å². The van der Waals surface area contributed by atoms with Gasteiger partial charge in [0.1, 0.15) is 0 Å². The van der Waals surface area contributed by atoms with Crippen molar-refractivity contribution in [1.29, 1.82) is 0 Å². The average Bonchev–Trinajstić information content (AvgIpc) is 2.83. The van der Waals surface area contributed by atoms with Gasteiger partial charge in [0, 0.05) is 17.9 Å². The highest BCUT2D eigenvalue weighted by molar-refractivity contribution is 6.02. The Balaban J connectivity index is 1.76. The molecular weight excluding hydrogens is 400 g/mol. The molecule has 0 bridgehead atoms. The number of rotatable bonds is 8. The summed E-state index contributed by atoms with van der Waals surface area (Å²) in [7, 11) is 0. The molecule has 3 aromatic rings. The first-order chi connectivity index (χ1) is 15.6. The summed E-state index contributed by atoms with van der Waals surface area (Å²) in [5.41, 5.74) is 4.14. The van der Waals surface area contributed by atoms with Crippen LogP contribution in [0.2, 0.25) is 0 Å². The molecule has 0 atom stereocenters. The number of carbonyl (C=O) groups excluding carboxylic acids is 2. The van der Waals surface area contributed by atoms with Crippen LogP contribution in [0.25, 0.3) is 6.08 Å². The van der Waals surface area contributed by atoms with Gasteiger partial charge in [-0.25, -0.2) is 9.59 Å². The van der Waals surface area contributed by atoms with Crippen molar-refractivity contribution < 1.29 is 14.3 Å². The van der Waals surface area contributed by atoms with Crippen LogP contribution >= 0.6 is 0 Å². The summed E-state index contributed by atoms with van der Waals surface area (Å²) in [6.07, 6.45) is 4.90. The minimum Gasteiger partial charge on any atom is -0.462 e. The van der Waals surface area contributed by atoms with Crippen LogP contribution in [0.4, 0.5) is 16.2 Å². The predicted molar refractivity (Wildman–Crippen MR) is 130 cm³/mol. The highest BCUT2D eigenvalue weighted by Crippen LogP contribution is 2.19. The zero-order valence-electron chi connectivity index (χ0n) is 18.5. The number of hydrogen-bond donors (Lipinski definition) is 1. The van der Waals surface area contributed by atoms with Gasteiger partial charge in [-0.15, -0.1) is 0 Å². The Morgan fingerprint density at radius 1 is 0.906 bits per heavy atom. The molecule has 5 nitrogen and oxygen atoms in total. The highest BCUT2D eigenvalue weighted by Gasteiger charge is 2.15. The highest BCUT2D eigenvalue weighted by atomic mass is 16.5. The quantitative estimate of drug-likeness (QED) is 0.436. The van der Waals surface area contributed by atoms with Gasteiger partial charge in [-0.2, -0.15) is 0 Å². The number of ether oxygens (including phenoxy) is 1. The molecule has 1 N–H and O–H groups in total. The third-order valence-corrected chi connectivity index (χ3v) is 4.95. The second-order valence-electron chi connectivity index (χ2n) is 7.17. The molecule has 0 unspecified atom stereocenters. The predicted octanol–water partition coefficient (Wildman–Crippen LogP) is 6.18. The monoisotopic (exact) mass is 428 g/mol. The Hall–Kier alpha value is -3.86. The van der Waals surface area contributed by atoms with Crippen molar-refractivity contribution in [3.8, 4) is 0 Å². The maximum absolute atomic E-state index is 13.1. The summed E-state index contributed by atoms with van der Waals surface area (Å²) in [5.74, 6) is -0.380. The number of urea groups is 1. The molecule has 2 amide bonds. The summed E-state index contributed by atoms with van der Waals surface area (Å²) in [6, 6.07) is 24.4. The van der Waals surface area contributed by atoms with Crippen LogP contribution in [0.1, 0.15) is 35.3 Å². The van der Waals surface area contributed by atoms with Crippen LogP contribution in [-0.4, -0.2) is 25.2 Å². The SMILES string of the molecule is CCOC(=O)c1ccc(NC(=O)N(C/C=C/c2ccccc2)c2ccc(CC)cc2)cc1. The van der Waals surface area contributed by atoms with E-state index in [1.807, 2.05) is 66.7 Å². The van der Waals surface area contributed by atoms with Crippen molar-refractivity contribution in [2.75, 3.05) is 23.4 Å². The number of amides is 2. The Bertz CT molecular complexity index is 1040. The summed E-state index contributed by atoms with van der Waals surface area (Å²) < 4.78 is 5.00. The van der Waals surface area contributed by atoms with E-state index in [4.69, 9.17) is 4.74 Å². The first kappa shape index (κ1) is 22.8. The van der Waals surface area contributed by atoms with Gasteiger partial charge in [0.15, 0.2) is 0 Å². The minimum absolute atomic E-state index is 0.254. The second kappa shape index (κ2) is 11.5. The first-order valence-corrected chi connectivity index (χ1v) is 10.8. The Morgan fingerprint density at radius 3 is 2.22 bits per heavy atom. The molecule has 0 heterocycles. The van der Waals surface area contributed by atoms with Gasteiger partial charge in [-0.05, 0) is 60.9 Å². The fraction of sp³-hybridized carbons (Fsp3) is 0.185. The molecule has 3 aromatic carbocycles. The lowest BCUT2D eigenvalue weighted by Gasteiger charge is -2.22. The molecular formula is C27H28N2O3. The molecule has 0 aliphatic carbocycles. The minimum atomic E-state index is -0.380. The van der Waals surface area contributed by atoms with Crippen LogP contribution in [0.3, 0.4) is 0 Å². The number of nitrogens with one attached hydrogen (secondary N) is 1. The fourth-order valence-electron chi connectivity index (χ4n) is 3.17. The van der Waals surface area contributed by atoms with Crippen molar-refractivity contribution in [1.82, 2.24) is 0 Å². The molecule has 0 fully saturated rings. The van der Waals surface area contributed by atoms with E-state index in [0.29, 0.717) is 24.4 Å². The molecule has 0 aliphatic heterocycles. The lowest BCUT2D eigenvalue weighted by molar-refractivity contribution is 0.0526. The largest absolute Gasteiger partial charge is 0.462 e. The molecule has 0 aliphatic rings. The summed E-state index contributed by atoms with van der Waals surface area (Å²) in [5, 5.41) is 2.92. The smallest absolute Gasteiger partial charge is 0.338 e. The van der Waals surface area contributed by atoms with Gasteiger partial charge in [-0.1, -0.05) is 61.5 Å². The van der Waals surface area contributed by atoms with Crippen molar-refractivity contribution in [2.45, 2.75) is 20.3 Å². The number of hydrogen-bond acceptors (Lipinski definition) is 3. The number of nitrogens with zero attached hydrogens (tertiary/aromatic N) is 1. The van der Waals surface area contributed by atoms with E-state index >= 15 is 0 Å². The van der Waals surface area contributed by atoms with Gasteiger partial charge in [0.25, 0.3) is 0 Å². The lowest BCUT2D eigenvalue weighted by atomic mass is 10.1. The van der Waals surface area contributed by atoms with E-state index < -0.39 is 0 Å². The van der Waals surface area contributed by atoms with E-state index in [2.05, 4.69) is 12.2 Å². The maximum atomic E-state index is 13.1. The van der Waals surface area contributed by atoms with Gasteiger partial charge in [0.05, 0.1) is 12.2 Å². The third-order valence-electron chi connectivity index (χ3n) is 4.95. The summed E-state index contributed by atoms with van der Waals surface area (Å²) >= 11 is 0. The molecule has 0 saturated heterocycles. The number of anilines is 2. The van der Waals surface area contributed by atoms with Crippen molar-refractivity contribution >= 4 is 29.5 Å². The normalized spacial score (nSPS) is 10.7. The standard InChI is InChI=1S/C27H28N2O3/c1-3-21-12-18-25(19-13-21)29(20-8-11-22-9-6-5-7-10-22)27(31)28-24-16-14-23(15-17-24)26(30)32-4-2/h5-19H,3-4,20H2,1-2H3,(H,28,31)/b11-8+. The van der Waals surface area contributed by atoms with Gasteiger partial charge in [-0.3, -0.25) is 4.90 Å². The molecule has 164 valence electrons. The topological polar surface area (TPSA) is 58.6 Å². The molecule has 0 saturated carbocycles. The summed E-state index contributed by atoms with van der Waals surface area (Å²) in [6.45, 7) is 4.59. The number of aryl methyl sites for hydroxylation is 1. The van der Waals surface area contributed by atoms with Crippen LogP contribution in [0.5, 0.6) is 0 Å². The second-order valence-corrected chi connectivity index (χ2v) is 7.17. The fourth-order valence-corrected chi connectivity index (χ4v) is 3.17. The molecule has 0 aromatic heterocycles. The Labute approximate surface area is 189 Å². The first-order valence-electron chi connectivity index (χ1n) is 10.8. The molecule has 0 radical (unpaired) electrons. The molecule has 0 spiro atoms. The third kappa shape index (κ3) is 6.32. The van der Waals surface area contributed by atoms with Crippen molar-refractivity contribution in [3.05, 3.63) is 102 Å². The van der Waals surface area contributed by atoms with E-state index in [1.165, 1.54) is 5.56 Å². The van der Waals surface area contributed by atoms with Crippen LogP contribution < -0.4 is 10.2 Å². The maximum Gasteiger partial charge on any atom is 0.338 e. The zero-order valence-corrected chi connectivity index (χ0v) is 18.5. The van der Waals surface area contributed by atoms with E-state index in [0.717, 1.165) is 17.7 Å². The van der Waals surface area contributed by atoms with E-state index in [-0.39, 0.29) is 12.0 Å². The van der Waals surface area contributed by atoms with E-state index in [1.54, 1.807) is 36.1 Å². The van der Waals surface area contributed by atoms with Crippen LogP contribution in [-0.2, 0) is 11.2 Å². The molecule has 3 rings (SSSR count). The Morgan fingerprint density at radius 2 is 1.59 bits per heavy atom. The van der Waals surface area contributed by atoms with Gasteiger partial charge >= 0.3 is 12.0 Å². The zero-order chi connectivity index (χ0) is 22.8. The van der Waals surface area contributed by atoms with Crippen LogP contribution in [0, 0.1) is 0 Å². The lowest BCUT2D eigenvalue weighted by Crippen LogP contribution is -2.35. The number of carbonyl (C=O) groups is 2. The van der Waals surface area contributed by atoms with Crippen molar-refractivity contribution in [3.63, 3.8) is 0 Å². The summed E-state index contributed by atoms with van der Waals surface area (Å²) in [4.78, 5) is 26.6.